The average molecular weight is 306 g/mol. The summed E-state index contributed by atoms with van der Waals surface area (Å²) in [7, 11) is 0. The van der Waals surface area contributed by atoms with E-state index in [1.54, 1.807) is 24.3 Å². The van der Waals surface area contributed by atoms with Gasteiger partial charge in [0.1, 0.15) is 11.6 Å². The van der Waals surface area contributed by atoms with E-state index in [0.717, 1.165) is 5.56 Å². The molecule has 0 fully saturated rings. The number of halogens is 2. The van der Waals surface area contributed by atoms with Crippen molar-refractivity contribution in [2.24, 2.45) is 0 Å². The predicted octanol–water partition coefficient (Wildman–Crippen LogP) is 3.17. The van der Waals surface area contributed by atoms with Crippen molar-refractivity contribution < 1.29 is 8.78 Å². The maximum absolute atomic E-state index is 13.4. The first-order valence-electron chi connectivity index (χ1n) is 6.65. The number of rotatable bonds is 5. The zero-order valence-corrected chi connectivity index (χ0v) is 12.2. The van der Waals surface area contributed by atoms with E-state index in [1.165, 1.54) is 18.2 Å². The molecule has 2 nitrogen and oxygen atoms in total. The average Bonchev–Trinajstić information content (AvgIpc) is 2.49. The summed E-state index contributed by atoms with van der Waals surface area (Å²) in [6.07, 6.45) is 0.561. The van der Waals surface area contributed by atoms with Gasteiger partial charge in [-0.3, -0.25) is 0 Å². The van der Waals surface area contributed by atoms with E-state index >= 15 is 0 Å². The molecular formula is C16H16F2N2S. The maximum Gasteiger partial charge on any atom is 0.166 e. The molecule has 0 saturated heterocycles. The molecule has 0 amide bonds. The quantitative estimate of drug-likeness (QED) is 0.830. The Morgan fingerprint density at radius 1 is 0.952 bits per heavy atom. The minimum atomic E-state index is -0.260. The summed E-state index contributed by atoms with van der Waals surface area (Å²) in [5.74, 6) is -0.464. The molecule has 0 unspecified atom stereocenters. The molecule has 0 radical (unpaired) electrons. The summed E-state index contributed by atoms with van der Waals surface area (Å²) in [5, 5.41) is 6.54. The van der Waals surface area contributed by atoms with Crippen LogP contribution in [-0.4, -0.2) is 11.7 Å². The second-order valence-electron chi connectivity index (χ2n) is 4.58. The minimum absolute atomic E-state index is 0.204. The Morgan fingerprint density at radius 2 is 1.67 bits per heavy atom. The van der Waals surface area contributed by atoms with Gasteiger partial charge in [0, 0.05) is 13.1 Å². The van der Waals surface area contributed by atoms with Crippen LogP contribution in [-0.2, 0) is 13.0 Å². The molecule has 2 rings (SSSR count). The van der Waals surface area contributed by atoms with Gasteiger partial charge in [0.05, 0.1) is 0 Å². The Balaban J connectivity index is 1.70. The Morgan fingerprint density at radius 3 is 2.38 bits per heavy atom. The summed E-state index contributed by atoms with van der Waals surface area (Å²) < 4.78 is 26.2. The van der Waals surface area contributed by atoms with E-state index in [-0.39, 0.29) is 11.6 Å². The van der Waals surface area contributed by atoms with Crippen molar-refractivity contribution >= 4 is 17.3 Å². The van der Waals surface area contributed by atoms with Gasteiger partial charge >= 0.3 is 0 Å². The van der Waals surface area contributed by atoms with Gasteiger partial charge in [0.15, 0.2) is 5.11 Å². The molecule has 2 aromatic rings. The molecule has 0 aromatic heterocycles. The Labute approximate surface area is 128 Å². The Kier molecular flexibility index (Phi) is 5.63. The highest BCUT2D eigenvalue weighted by atomic mass is 32.1. The predicted molar refractivity (Wildman–Crippen MR) is 83.9 cm³/mol. The van der Waals surface area contributed by atoms with Gasteiger partial charge in [-0.2, -0.15) is 0 Å². The van der Waals surface area contributed by atoms with E-state index in [2.05, 4.69) is 10.6 Å². The zero-order chi connectivity index (χ0) is 15.1. The molecule has 5 heteroatoms. The van der Waals surface area contributed by atoms with Crippen LogP contribution in [0.25, 0.3) is 0 Å². The van der Waals surface area contributed by atoms with Crippen molar-refractivity contribution in [3.63, 3.8) is 0 Å². The number of thiocarbonyl (C=S) groups is 1. The van der Waals surface area contributed by atoms with Crippen LogP contribution in [0.15, 0.2) is 48.5 Å². The third kappa shape index (κ3) is 5.11. The summed E-state index contributed by atoms with van der Waals surface area (Å²) in [6.45, 7) is 1.07. The lowest BCUT2D eigenvalue weighted by Gasteiger charge is -2.11. The summed E-state index contributed by atoms with van der Waals surface area (Å²) in [6, 6.07) is 12.9. The van der Waals surface area contributed by atoms with E-state index in [0.29, 0.717) is 30.2 Å². The molecule has 0 aliphatic rings. The van der Waals surface area contributed by atoms with Crippen LogP contribution in [0.2, 0.25) is 0 Å². The van der Waals surface area contributed by atoms with Gasteiger partial charge in [-0.05, 0) is 48.0 Å². The van der Waals surface area contributed by atoms with Gasteiger partial charge in [0.25, 0.3) is 0 Å². The van der Waals surface area contributed by atoms with Crippen LogP contribution < -0.4 is 10.6 Å². The molecule has 110 valence electrons. The molecule has 2 N–H and O–H groups in total. The van der Waals surface area contributed by atoms with Crippen molar-refractivity contribution in [2.45, 2.75) is 13.0 Å². The van der Waals surface area contributed by atoms with Crippen molar-refractivity contribution in [3.05, 3.63) is 71.3 Å². The fourth-order valence-electron chi connectivity index (χ4n) is 1.86. The second kappa shape index (κ2) is 7.69. The Bertz CT molecular complexity index is 599. The highest BCUT2D eigenvalue weighted by Crippen LogP contribution is 2.06. The van der Waals surface area contributed by atoms with Crippen LogP contribution in [0.5, 0.6) is 0 Å². The van der Waals surface area contributed by atoms with Gasteiger partial charge in [-0.1, -0.05) is 30.3 Å². The maximum atomic E-state index is 13.4. The monoisotopic (exact) mass is 306 g/mol. The van der Waals surface area contributed by atoms with E-state index in [9.17, 15) is 8.78 Å². The number of nitrogens with one attached hydrogen (secondary N) is 2. The Hall–Kier alpha value is -2.01. The van der Waals surface area contributed by atoms with Crippen LogP contribution in [0, 0.1) is 11.6 Å². The summed E-state index contributed by atoms with van der Waals surface area (Å²) in [5.41, 5.74) is 1.60. The minimum Gasteiger partial charge on any atom is -0.362 e. The van der Waals surface area contributed by atoms with Crippen LogP contribution in [0.4, 0.5) is 8.78 Å². The van der Waals surface area contributed by atoms with Crippen molar-refractivity contribution in [3.8, 4) is 0 Å². The SMILES string of the molecule is Fc1ccc(CNC(=S)NCCc2ccccc2F)cc1. The molecular weight excluding hydrogens is 290 g/mol. The first kappa shape index (κ1) is 15.4. The summed E-state index contributed by atoms with van der Waals surface area (Å²) >= 11 is 5.14. The normalized spacial score (nSPS) is 10.2. The lowest BCUT2D eigenvalue weighted by atomic mass is 10.1. The summed E-state index contributed by atoms with van der Waals surface area (Å²) in [4.78, 5) is 0. The molecule has 0 aliphatic heterocycles. The van der Waals surface area contributed by atoms with Gasteiger partial charge < -0.3 is 10.6 Å². The number of hydrogen-bond donors (Lipinski definition) is 2. The molecule has 0 heterocycles. The molecule has 2 aromatic carbocycles. The van der Waals surface area contributed by atoms with Gasteiger partial charge in [-0.15, -0.1) is 0 Å². The van der Waals surface area contributed by atoms with Crippen molar-refractivity contribution in [1.82, 2.24) is 10.6 Å². The topological polar surface area (TPSA) is 24.1 Å². The highest BCUT2D eigenvalue weighted by molar-refractivity contribution is 7.80. The number of hydrogen-bond acceptors (Lipinski definition) is 1. The van der Waals surface area contributed by atoms with Crippen LogP contribution >= 0.6 is 12.2 Å². The second-order valence-corrected chi connectivity index (χ2v) is 4.99. The number of benzene rings is 2. The van der Waals surface area contributed by atoms with Crippen LogP contribution in [0.3, 0.4) is 0 Å². The third-order valence-corrected chi connectivity index (χ3v) is 3.29. The first-order valence-corrected chi connectivity index (χ1v) is 7.05. The van der Waals surface area contributed by atoms with E-state index in [4.69, 9.17) is 12.2 Å². The third-order valence-electron chi connectivity index (χ3n) is 3.00. The molecule has 0 aliphatic carbocycles. The molecule has 0 bridgehead atoms. The largest absolute Gasteiger partial charge is 0.362 e. The standard InChI is InChI=1S/C16H16F2N2S/c17-14-7-5-12(6-8-14)11-20-16(21)19-10-9-13-3-1-2-4-15(13)18/h1-8H,9-11H2,(H2,19,20,21). The zero-order valence-electron chi connectivity index (χ0n) is 11.4. The van der Waals surface area contributed by atoms with Crippen LogP contribution in [0.1, 0.15) is 11.1 Å². The lowest BCUT2D eigenvalue weighted by Crippen LogP contribution is -2.36. The lowest BCUT2D eigenvalue weighted by molar-refractivity contribution is 0.607. The molecule has 21 heavy (non-hydrogen) atoms. The highest BCUT2D eigenvalue weighted by Gasteiger charge is 2.01. The fraction of sp³-hybridized carbons (Fsp3) is 0.188. The molecule has 0 atom stereocenters. The van der Waals surface area contributed by atoms with Gasteiger partial charge in [-0.25, -0.2) is 8.78 Å². The van der Waals surface area contributed by atoms with E-state index in [1.807, 2.05) is 6.07 Å². The van der Waals surface area contributed by atoms with E-state index < -0.39 is 0 Å². The van der Waals surface area contributed by atoms with Gasteiger partial charge in [0.2, 0.25) is 0 Å². The molecule has 0 spiro atoms. The van der Waals surface area contributed by atoms with Crippen molar-refractivity contribution in [1.29, 1.82) is 0 Å². The smallest absolute Gasteiger partial charge is 0.166 e. The first-order chi connectivity index (χ1) is 10.1. The molecule has 0 saturated carbocycles. The van der Waals surface area contributed by atoms with Crippen molar-refractivity contribution in [2.75, 3.05) is 6.54 Å². The fourth-order valence-corrected chi connectivity index (χ4v) is 2.03.